The van der Waals surface area contributed by atoms with Crippen molar-refractivity contribution in [3.63, 3.8) is 0 Å². The molecule has 0 unspecified atom stereocenters. The van der Waals surface area contributed by atoms with Gasteiger partial charge in [-0.25, -0.2) is 8.42 Å². The van der Waals surface area contributed by atoms with E-state index >= 15 is 0 Å². The van der Waals surface area contributed by atoms with Crippen molar-refractivity contribution < 1.29 is 61.6 Å². The number of methoxy groups -OCH3 is 7. The van der Waals surface area contributed by atoms with Crippen LogP contribution in [0, 0.1) is 6.92 Å². The monoisotopic (exact) mass is 1020 g/mol. The van der Waals surface area contributed by atoms with Gasteiger partial charge in [0.15, 0.2) is 38.9 Å². The Morgan fingerprint density at radius 1 is 0.444 bits per heavy atom. The Hall–Kier alpha value is -6.80. The molecule has 72 heavy (non-hydrogen) atoms. The van der Waals surface area contributed by atoms with E-state index in [1.54, 1.807) is 79.9 Å². The van der Waals surface area contributed by atoms with Crippen molar-refractivity contribution in [2.75, 3.05) is 49.8 Å². The molecule has 7 rings (SSSR count). The summed E-state index contributed by atoms with van der Waals surface area (Å²) in [6.07, 6.45) is 0.0608. The lowest BCUT2D eigenvalue weighted by Crippen LogP contribution is -2.39. The molecule has 0 saturated heterocycles. The summed E-state index contributed by atoms with van der Waals surface area (Å²) in [6, 6.07) is 37.3. The van der Waals surface area contributed by atoms with Crippen LogP contribution in [0.1, 0.15) is 52.8 Å². The fourth-order valence-corrected chi connectivity index (χ4v) is 15.7. The molecule has 0 fully saturated rings. The second kappa shape index (κ2) is 22.3. The molecule has 3 N–H and O–H groups in total. The maximum Gasteiger partial charge on any atom is 0.206 e. The number of aryl methyl sites for hydroxylation is 1. The third kappa shape index (κ3) is 10.2. The number of aliphatic hydroxyl groups is 3. The van der Waals surface area contributed by atoms with E-state index in [1.165, 1.54) is 54.8 Å². The highest BCUT2D eigenvalue weighted by atomic mass is 32.2. The molecule has 0 saturated carbocycles. The highest BCUT2D eigenvalue weighted by Gasteiger charge is 2.57. The third-order valence-corrected chi connectivity index (χ3v) is 19.4. The van der Waals surface area contributed by atoms with E-state index in [4.69, 9.17) is 37.9 Å². The van der Waals surface area contributed by atoms with Crippen LogP contribution in [0.5, 0.6) is 51.7 Å². The lowest BCUT2D eigenvalue weighted by molar-refractivity contribution is 0.280. The van der Waals surface area contributed by atoms with Crippen LogP contribution in [-0.4, -0.2) is 73.5 Å². The van der Waals surface area contributed by atoms with E-state index in [1.807, 2.05) is 43.3 Å². The van der Waals surface area contributed by atoms with Crippen LogP contribution in [0.3, 0.4) is 0 Å². The molecular weight excluding hydrogens is 956 g/mol. The summed E-state index contributed by atoms with van der Waals surface area (Å²) >= 11 is 0. The zero-order valence-electron chi connectivity index (χ0n) is 42.2. The number of ether oxygens (including phenoxy) is 8. The van der Waals surface area contributed by atoms with Gasteiger partial charge in [-0.15, -0.1) is 0 Å². The number of benzene rings is 7. The zero-order valence-corrected chi connectivity index (χ0v) is 43.9. The van der Waals surface area contributed by atoms with E-state index in [0.717, 1.165) is 16.7 Å². The summed E-state index contributed by atoms with van der Waals surface area (Å²) in [6.45, 7) is 4.83. The highest BCUT2D eigenvalue weighted by Crippen LogP contribution is 2.67. The minimum Gasteiger partial charge on any atom is -0.497 e. The van der Waals surface area contributed by atoms with Crippen LogP contribution >= 0.6 is 7.26 Å². The van der Waals surface area contributed by atoms with Crippen molar-refractivity contribution in [2.24, 2.45) is 0 Å². The fourth-order valence-electron chi connectivity index (χ4n) is 9.21. The second-order valence-electron chi connectivity index (χ2n) is 17.5. The summed E-state index contributed by atoms with van der Waals surface area (Å²) in [5.74, 6) is 3.64. The lowest BCUT2D eigenvalue weighted by atomic mass is 9.77. The van der Waals surface area contributed by atoms with Crippen LogP contribution < -0.4 is 53.8 Å². The maximum absolute atomic E-state index is 13.8. The Bertz CT molecular complexity index is 2910. The first-order valence-corrected chi connectivity index (χ1v) is 26.4. The Kier molecular flexibility index (Phi) is 16.4. The van der Waals surface area contributed by atoms with Crippen molar-refractivity contribution in [2.45, 2.75) is 62.0 Å². The van der Waals surface area contributed by atoms with Crippen molar-refractivity contribution in [3.8, 4) is 51.7 Å². The Balaban J connectivity index is 1.63. The molecule has 0 aliphatic carbocycles. The first-order valence-electron chi connectivity index (χ1n) is 23.0. The van der Waals surface area contributed by atoms with Gasteiger partial charge in [0, 0.05) is 34.2 Å². The smallest absolute Gasteiger partial charge is 0.206 e. The molecule has 0 spiro atoms. The van der Waals surface area contributed by atoms with Gasteiger partial charge in [0.05, 0.1) is 79.4 Å². The maximum atomic E-state index is 13.8. The van der Waals surface area contributed by atoms with Crippen molar-refractivity contribution in [1.82, 2.24) is 0 Å². The minimum absolute atomic E-state index is 0.0608. The summed E-state index contributed by atoms with van der Waals surface area (Å²) < 4.78 is 77.0. The van der Waals surface area contributed by atoms with Crippen LogP contribution in [0.2, 0.25) is 0 Å². The molecular formula is C57H62O13PS+. The van der Waals surface area contributed by atoms with Gasteiger partial charge in [0.25, 0.3) is 0 Å². The number of hydrogen-bond donors (Lipinski definition) is 3. The summed E-state index contributed by atoms with van der Waals surface area (Å²) in [5, 5.41) is 35.5. The van der Waals surface area contributed by atoms with Gasteiger partial charge in [-0.3, -0.25) is 0 Å². The number of hydrogen-bond acceptors (Lipinski definition) is 13. The Morgan fingerprint density at radius 2 is 0.889 bits per heavy atom. The van der Waals surface area contributed by atoms with Gasteiger partial charge in [-0.05, 0) is 109 Å². The summed E-state index contributed by atoms with van der Waals surface area (Å²) in [4.78, 5) is 0.266. The Morgan fingerprint density at radius 3 is 1.33 bits per heavy atom. The van der Waals surface area contributed by atoms with E-state index in [0.29, 0.717) is 89.9 Å². The molecule has 0 atom stereocenters. The van der Waals surface area contributed by atoms with Gasteiger partial charge in [0.1, 0.15) is 42.2 Å². The largest absolute Gasteiger partial charge is 0.497 e. The molecule has 0 amide bonds. The normalized spacial score (nSPS) is 11.7. The number of aliphatic hydroxyl groups excluding tert-OH is 3. The fraction of sp³-hybridized carbons (Fsp3) is 0.263. The van der Waals surface area contributed by atoms with Crippen molar-refractivity contribution >= 4 is 33.0 Å². The minimum atomic E-state index is -3.86. The molecule has 15 heteroatoms. The molecule has 0 aliphatic heterocycles. The predicted octanol–water partition coefficient (Wildman–Crippen LogP) is 8.98. The molecule has 0 radical (unpaired) electrons. The van der Waals surface area contributed by atoms with Crippen LogP contribution in [0.15, 0.2) is 137 Å². The first kappa shape index (κ1) is 53.0. The van der Waals surface area contributed by atoms with Gasteiger partial charge in [0.2, 0.25) is 9.84 Å². The average molecular weight is 1020 g/mol. The van der Waals surface area contributed by atoms with E-state index in [-0.39, 0.29) is 22.6 Å². The molecule has 378 valence electrons. The molecule has 0 heterocycles. The van der Waals surface area contributed by atoms with Gasteiger partial charge >= 0.3 is 0 Å². The summed E-state index contributed by atoms with van der Waals surface area (Å²) in [5.41, 5.74) is 4.22. The highest BCUT2D eigenvalue weighted by molar-refractivity contribution is 7.96. The van der Waals surface area contributed by atoms with Gasteiger partial charge < -0.3 is 53.2 Å². The quantitative estimate of drug-likeness (QED) is 0.0584. The standard InChI is InChI=1S/C57H62O13PS/c1-36-11-20-47(21-12-36)72(61,62)48-22-18-44(19-23-48)70-49-24-15-42(57(2,3)41-13-16-43(63-4)17-14-41)27-40(49)35-71(54-38(33-59)28-45(64-5)30-52(54)68-9,55-39(34-60)29-46(65-6)31-53(55)69-10)56-50(66-7)25-37(32-58)26-51(56)67-8/h11-31,58-60H,32-35H2,1-10H3/q+1. The topological polar surface area (TPSA) is 169 Å². The first-order chi connectivity index (χ1) is 34.6. The lowest BCUT2D eigenvalue weighted by Gasteiger charge is -2.35. The van der Waals surface area contributed by atoms with Gasteiger partial charge in [-0.2, -0.15) is 0 Å². The molecule has 0 bridgehead atoms. The van der Waals surface area contributed by atoms with Crippen LogP contribution in [0.25, 0.3) is 0 Å². The SMILES string of the molecule is COc1ccc(C(C)(C)c2ccc(Oc3ccc(S(=O)(=O)c4ccc(C)cc4)cc3)c(C[P+](c3c(CO)cc(OC)cc3OC)(c3c(CO)cc(OC)cc3OC)c3c(OC)cc(CO)cc3OC)c2)cc1. The molecule has 13 nitrogen and oxygen atoms in total. The molecule has 0 aromatic heterocycles. The number of sulfone groups is 1. The van der Waals surface area contributed by atoms with Gasteiger partial charge in [-0.1, -0.05) is 49.7 Å². The summed E-state index contributed by atoms with van der Waals surface area (Å²) in [7, 11) is 3.20. The molecule has 0 aliphatic rings. The van der Waals surface area contributed by atoms with E-state index in [9.17, 15) is 23.7 Å². The van der Waals surface area contributed by atoms with Crippen molar-refractivity contribution in [3.05, 3.63) is 166 Å². The molecule has 7 aromatic carbocycles. The van der Waals surface area contributed by atoms with Crippen molar-refractivity contribution in [1.29, 1.82) is 0 Å². The average Bonchev–Trinajstić information content (AvgIpc) is 3.41. The zero-order chi connectivity index (χ0) is 52.0. The molecule has 7 aromatic rings. The van der Waals surface area contributed by atoms with E-state index in [2.05, 4.69) is 19.9 Å². The second-order valence-corrected chi connectivity index (χ2v) is 22.8. The van der Waals surface area contributed by atoms with Crippen LogP contribution in [0.4, 0.5) is 0 Å². The third-order valence-electron chi connectivity index (χ3n) is 13.1. The predicted molar refractivity (Wildman–Crippen MR) is 281 cm³/mol. The number of rotatable bonds is 21. The van der Waals surface area contributed by atoms with Crippen LogP contribution in [-0.2, 0) is 41.2 Å². The van der Waals surface area contributed by atoms with E-state index < -0.39 is 35.7 Å². The Labute approximate surface area is 422 Å².